The van der Waals surface area contributed by atoms with Crippen molar-refractivity contribution in [2.75, 3.05) is 7.05 Å². The van der Waals surface area contributed by atoms with Crippen LogP contribution >= 0.6 is 0 Å². The molecule has 0 heterocycles. The molecule has 0 spiro atoms. The van der Waals surface area contributed by atoms with Crippen LogP contribution in [0.15, 0.2) is 4.99 Å². The van der Waals surface area contributed by atoms with Crippen LogP contribution < -0.4 is 0 Å². The number of hydrogen-bond donors (Lipinski definition) is 0. The van der Waals surface area contributed by atoms with Crippen molar-refractivity contribution < 1.29 is 0 Å². The highest BCUT2D eigenvalue weighted by Crippen LogP contribution is 2.34. The van der Waals surface area contributed by atoms with E-state index >= 15 is 0 Å². The van der Waals surface area contributed by atoms with Gasteiger partial charge in [-0.25, -0.2) is 0 Å². The Morgan fingerprint density at radius 1 is 1.60 bits per heavy atom. The quantitative estimate of drug-likeness (QED) is 0.533. The number of aliphatic imine (C=N–C) groups is 1. The van der Waals surface area contributed by atoms with Gasteiger partial charge < -0.3 is 4.99 Å². The Bertz CT molecular complexity index is 114. The predicted molar refractivity (Wildman–Crippen MR) is 45.5 cm³/mol. The lowest BCUT2D eigenvalue weighted by Crippen LogP contribution is -2.19. The molecule has 0 aromatic rings. The highest BCUT2D eigenvalue weighted by atomic mass is 14.6. The summed E-state index contributed by atoms with van der Waals surface area (Å²) in [5, 5.41) is 0. The maximum Gasteiger partial charge on any atom is 0.0273 e. The molecule has 0 aromatic carbocycles. The van der Waals surface area contributed by atoms with Gasteiger partial charge in [0.25, 0.3) is 0 Å². The Hall–Kier alpha value is -0.330. The van der Waals surface area contributed by atoms with Gasteiger partial charge in [-0.1, -0.05) is 26.2 Å². The average Bonchev–Trinajstić information content (AvgIpc) is 1.79. The summed E-state index contributed by atoms with van der Waals surface area (Å²) in [7, 11) is 1.85. The summed E-state index contributed by atoms with van der Waals surface area (Å²) in [6.07, 6.45) is 7.60. The fourth-order valence-electron chi connectivity index (χ4n) is 1.47. The summed E-state index contributed by atoms with van der Waals surface area (Å²) in [5.41, 5.74) is 0. The summed E-state index contributed by atoms with van der Waals surface area (Å²) in [6.45, 7) is 2.34. The van der Waals surface area contributed by atoms with Crippen molar-refractivity contribution in [1.82, 2.24) is 0 Å². The fourth-order valence-corrected chi connectivity index (χ4v) is 1.47. The smallest absolute Gasteiger partial charge is 0.0273 e. The molecule has 1 unspecified atom stereocenters. The fraction of sp³-hybridized carbons (Fsp3) is 0.889. The van der Waals surface area contributed by atoms with E-state index in [9.17, 15) is 0 Å². The highest BCUT2D eigenvalue weighted by molar-refractivity contribution is 5.57. The maximum absolute atomic E-state index is 3.99. The molecule has 1 heteroatoms. The number of hydrogen-bond acceptors (Lipinski definition) is 1. The topological polar surface area (TPSA) is 12.4 Å². The summed E-state index contributed by atoms with van der Waals surface area (Å²) >= 11 is 0. The number of nitrogens with zero attached hydrogens (tertiary/aromatic N) is 1. The molecule has 0 saturated heterocycles. The molecule has 1 atom stereocenters. The molecule has 1 fully saturated rings. The van der Waals surface area contributed by atoms with E-state index < -0.39 is 0 Å². The van der Waals surface area contributed by atoms with Gasteiger partial charge >= 0.3 is 0 Å². The highest BCUT2D eigenvalue weighted by Gasteiger charge is 2.22. The molecular formula is C9H17N. The molecule has 0 aliphatic heterocycles. The Morgan fingerprint density at radius 2 is 2.30 bits per heavy atom. The molecule has 10 heavy (non-hydrogen) atoms. The molecule has 0 bridgehead atoms. The molecule has 0 aromatic heterocycles. The third kappa shape index (κ3) is 1.83. The lowest BCUT2D eigenvalue weighted by atomic mass is 9.76. The second-order valence-electron chi connectivity index (χ2n) is 3.34. The van der Waals surface area contributed by atoms with Crippen molar-refractivity contribution in [1.29, 1.82) is 0 Å². The van der Waals surface area contributed by atoms with Crippen LogP contribution in [0.2, 0.25) is 0 Å². The van der Waals surface area contributed by atoms with E-state index in [1.54, 1.807) is 0 Å². The summed E-state index contributed by atoms with van der Waals surface area (Å²) < 4.78 is 0. The predicted octanol–water partition coefficient (Wildman–Crippen LogP) is 2.51. The van der Waals surface area contributed by atoms with Gasteiger partial charge in [0, 0.05) is 7.05 Å². The zero-order chi connectivity index (χ0) is 7.40. The van der Waals surface area contributed by atoms with Gasteiger partial charge in [0.2, 0.25) is 0 Å². The van der Waals surface area contributed by atoms with Crippen LogP contribution in [0.3, 0.4) is 0 Å². The summed E-state index contributed by atoms with van der Waals surface area (Å²) in [5.74, 6) is 1.88. The van der Waals surface area contributed by atoms with E-state index in [0.717, 1.165) is 11.8 Å². The molecule has 58 valence electrons. The molecule has 0 radical (unpaired) electrons. The molecule has 1 nitrogen and oxygen atoms in total. The van der Waals surface area contributed by atoms with Gasteiger partial charge in [0.05, 0.1) is 0 Å². The van der Waals surface area contributed by atoms with Gasteiger partial charge in [-0.15, -0.1) is 0 Å². The van der Waals surface area contributed by atoms with Crippen molar-refractivity contribution in [3.05, 3.63) is 0 Å². The third-order valence-electron chi connectivity index (χ3n) is 2.61. The van der Waals surface area contributed by atoms with Crippen LogP contribution in [0.25, 0.3) is 0 Å². The van der Waals surface area contributed by atoms with Crippen LogP contribution in [0.5, 0.6) is 0 Å². The molecule has 0 N–H and O–H groups in total. The average molecular weight is 139 g/mol. The molecule has 1 saturated carbocycles. The van der Waals surface area contributed by atoms with Crippen LogP contribution in [0.4, 0.5) is 0 Å². The van der Waals surface area contributed by atoms with Crippen molar-refractivity contribution in [2.24, 2.45) is 16.8 Å². The largest absolute Gasteiger partial charge is 0.301 e. The monoisotopic (exact) mass is 139 g/mol. The Balaban J connectivity index is 2.13. The maximum atomic E-state index is 3.99. The standard InChI is InChI=1S/C9H17N/c1-8(6-7-10-2)9-4-3-5-9/h7-9H,3-6H2,1-2H3. The van der Waals surface area contributed by atoms with Crippen molar-refractivity contribution in [3.63, 3.8) is 0 Å². The first-order valence-electron chi connectivity index (χ1n) is 4.25. The van der Waals surface area contributed by atoms with Gasteiger partial charge in [0.15, 0.2) is 0 Å². The number of rotatable bonds is 3. The van der Waals surface area contributed by atoms with Crippen molar-refractivity contribution in [3.8, 4) is 0 Å². The summed E-state index contributed by atoms with van der Waals surface area (Å²) in [4.78, 5) is 3.99. The Kier molecular flexibility index (Phi) is 2.91. The van der Waals surface area contributed by atoms with E-state index in [1.807, 2.05) is 13.3 Å². The molecular weight excluding hydrogens is 122 g/mol. The van der Waals surface area contributed by atoms with E-state index in [1.165, 1.54) is 25.7 Å². The van der Waals surface area contributed by atoms with Crippen LogP contribution in [0.1, 0.15) is 32.6 Å². The summed E-state index contributed by atoms with van der Waals surface area (Å²) in [6, 6.07) is 0. The molecule has 1 aliphatic carbocycles. The Morgan fingerprint density at radius 3 is 2.70 bits per heavy atom. The van der Waals surface area contributed by atoms with Gasteiger partial charge in [0.1, 0.15) is 0 Å². The first-order chi connectivity index (χ1) is 4.84. The second kappa shape index (κ2) is 3.75. The van der Waals surface area contributed by atoms with E-state index in [2.05, 4.69) is 11.9 Å². The minimum absolute atomic E-state index is 0.873. The van der Waals surface area contributed by atoms with Crippen molar-refractivity contribution in [2.45, 2.75) is 32.6 Å². The van der Waals surface area contributed by atoms with Crippen LogP contribution in [-0.2, 0) is 0 Å². The molecule has 1 aliphatic rings. The minimum Gasteiger partial charge on any atom is -0.301 e. The van der Waals surface area contributed by atoms with Crippen LogP contribution in [-0.4, -0.2) is 13.3 Å². The SMILES string of the molecule is CN=CCC(C)C1CCC1. The van der Waals surface area contributed by atoms with Gasteiger partial charge in [-0.2, -0.15) is 0 Å². The van der Waals surface area contributed by atoms with E-state index in [4.69, 9.17) is 0 Å². The normalized spacial score (nSPS) is 23.0. The molecule has 0 amide bonds. The second-order valence-corrected chi connectivity index (χ2v) is 3.34. The Labute approximate surface area is 63.5 Å². The first-order valence-corrected chi connectivity index (χ1v) is 4.25. The molecule has 1 rings (SSSR count). The van der Waals surface area contributed by atoms with E-state index in [-0.39, 0.29) is 0 Å². The minimum atomic E-state index is 0.873. The van der Waals surface area contributed by atoms with Gasteiger partial charge in [-0.05, 0) is 24.5 Å². The lowest BCUT2D eigenvalue weighted by Gasteiger charge is -2.30. The van der Waals surface area contributed by atoms with E-state index in [0.29, 0.717) is 0 Å². The zero-order valence-corrected chi connectivity index (χ0v) is 7.01. The van der Waals surface area contributed by atoms with Crippen LogP contribution in [0, 0.1) is 11.8 Å². The van der Waals surface area contributed by atoms with Crippen molar-refractivity contribution >= 4 is 6.21 Å². The zero-order valence-electron chi connectivity index (χ0n) is 7.01. The first kappa shape index (κ1) is 7.77. The lowest BCUT2D eigenvalue weighted by molar-refractivity contribution is 0.226. The van der Waals surface area contributed by atoms with Gasteiger partial charge in [-0.3, -0.25) is 0 Å². The third-order valence-corrected chi connectivity index (χ3v) is 2.61.